The summed E-state index contributed by atoms with van der Waals surface area (Å²) in [5.74, 6) is -0.702. The highest BCUT2D eigenvalue weighted by atomic mass is 32.2. The maximum atomic E-state index is 12.5. The number of aryl methyl sites for hydroxylation is 1. The summed E-state index contributed by atoms with van der Waals surface area (Å²) < 4.78 is 28.6. The van der Waals surface area contributed by atoms with Crippen LogP contribution in [-0.4, -0.2) is 23.9 Å². The minimum atomic E-state index is -3.94. The van der Waals surface area contributed by atoms with Crippen molar-refractivity contribution in [2.24, 2.45) is 0 Å². The Morgan fingerprint density at radius 3 is 2.70 bits per heavy atom. The predicted octanol–water partition coefficient (Wildman–Crippen LogP) is 2.07. The summed E-state index contributed by atoms with van der Waals surface area (Å²) in [5, 5.41) is 4.04. The Kier molecular flexibility index (Phi) is 3.65. The Hall–Kier alpha value is -2.67. The average Bonchev–Trinajstić information content (AvgIpc) is 2.93. The number of fused-ring (bicyclic) bond motifs is 1. The summed E-state index contributed by atoms with van der Waals surface area (Å²) in [6.07, 6.45) is 3.04. The van der Waals surface area contributed by atoms with Crippen molar-refractivity contribution in [1.29, 1.82) is 0 Å². The zero-order chi connectivity index (χ0) is 16.6. The van der Waals surface area contributed by atoms with Gasteiger partial charge in [0.05, 0.1) is 22.2 Å². The second kappa shape index (κ2) is 5.51. The number of pyridine rings is 1. The lowest BCUT2D eigenvalue weighted by molar-refractivity contribution is 0.0983. The van der Waals surface area contributed by atoms with E-state index in [1.165, 1.54) is 16.8 Å². The van der Waals surface area contributed by atoms with Crippen LogP contribution in [0.5, 0.6) is 0 Å². The minimum Gasteiger partial charge on any atom is -0.268 e. The van der Waals surface area contributed by atoms with E-state index in [1.54, 1.807) is 37.4 Å². The molecule has 0 aliphatic carbocycles. The molecule has 3 aromatic rings. The number of nitrogens with zero attached hydrogens (tertiary/aromatic N) is 2. The summed E-state index contributed by atoms with van der Waals surface area (Å²) in [6.45, 7) is 3.53. The summed E-state index contributed by atoms with van der Waals surface area (Å²) in [7, 11) is -3.94. The van der Waals surface area contributed by atoms with Crippen LogP contribution in [0, 0.1) is 13.8 Å². The van der Waals surface area contributed by atoms with Crippen LogP contribution < -0.4 is 4.72 Å². The van der Waals surface area contributed by atoms with Gasteiger partial charge in [-0.1, -0.05) is 18.2 Å². The van der Waals surface area contributed by atoms with Crippen molar-refractivity contribution in [1.82, 2.24) is 14.3 Å². The molecule has 0 saturated heterocycles. The summed E-state index contributed by atoms with van der Waals surface area (Å²) >= 11 is 0. The topological polar surface area (TPSA) is 80.5 Å². The van der Waals surface area contributed by atoms with Gasteiger partial charge >= 0.3 is 0 Å². The van der Waals surface area contributed by atoms with Crippen LogP contribution in [0.2, 0.25) is 0 Å². The van der Waals surface area contributed by atoms with E-state index >= 15 is 0 Å². The molecule has 3 rings (SSSR count). The number of rotatable bonds is 3. The number of carbonyl (C=O) groups is 1. The number of hydrogen-bond donors (Lipinski definition) is 1. The highest BCUT2D eigenvalue weighted by molar-refractivity contribution is 7.90. The number of nitrogens with one attached hydrogen (secondary N) is 1. The first-order valence-electron chi connectivity index (χ1n) is 6.96. The highest BCUT2D eigenvalue weighted by Gasteiger charge is 2.23. The monoisotopic (exact) mass is 329 g/mol. The van der Waals surface area contributed by atoms with E-state index in [0.717, 1.165) is 5.56 Å². The van der Waals surface area contributed by atoms with Gasteiger partial charge in [0.25, 0.3) is 15.9 Å². The van der Waals surface area contributed by atoms with Crippen LogP contribution in [0.25, 0.3) is 5.52 Å². The maximum Gasteiger partial charge on any atom is 0.268 e. The lowest BCUT2D eigenvalue weighted by Crippen LogP contribution is -2.31. The molecular formula is C16H15N3O3S. The van der Waals surface area contributed by atoms with Gasteiger partial charge in [-0.15, -0.1) is 0 Å². The van der Waals surface area contributed by atoms with Crippen molar-refractivity contribution in [3.05, 3.63) is 65.5 Å². The molecular weight excluding hydrogens is 314 g/mol. The van der Waals surface area contributed by atoms with E-state index in [9.17, 15) is 13.2 Å². The molecule has 2 heterocycles. The second-order valence-corrected chi connectivity index (χ2v) is 6.87. The first-order chi connectivity index (χ1) is 10.9. The van der Waals surface area contributed by atoms with Gasteiger partial charge in [0, 0.05) is 6.20 Å². The van der Waals surface area contributed by atoms with Crippen molar-refractivity contribution in [3.63, 3.8) is 0 Å². The average molecular weight is 329 g/mol. The molecule has 0 bridgehead atoms. The molecule has 0 radical (unpaired) electrons. The van der Waals surface area contributed by atoms with Gasteiger partial charge < -0.3 is 0 Å². The van der Waals surface area contributed by atoms with Gasteiger partial charge in [-0.05, 0) is 43.2 Å². The normalized spacial score (nSPS) is 11.6. The van der Waals surface area contributed by atoms with Crippen LogP contribution in [-0.2, 0) is 10.0 Å². The van der Waals surface area contributed by atoms with Gasteiger partial charge in [0.15, 0.2) is 0 Å². The Morgan fingerprint density at radius 1 is 1.13 bits per heavy atom. The lowest BCUT2D eigenvalue weighted by atomic mass is 10.1. The van der Waals surface area contributed by atoms with Gasteiger partial charge in [-0.2, -0.15) is 5.10 Å². The summed E-state index contributed by atoms with van der Waals surface area (Å²) in [6, 6.07) is 10.2. The van der Waals surface area contributed by atoms with E-state index in [2.05, 4.69) is 9.82 Å². The van der Waals surface area contributed by atoms with Crippen molar-refractivity contribution in [2.45, 2.75) is 18.7 Å². The van der Waals surface area contributed by atoms with E-state index in [-0.39, 0.29) is 10.5 Å². The number of sulfonamides is 1. The van der Waals surface area contributed by atoms with Crippen LogP contribution in [0.15, 0.2) is 53.7 Å². The van der Waals surface area contributed by atoms with Crippen LogP contribution in [0.1, 0.15) is 21.5 Å². The number of carbonyl (C=O) groups excluding carboxylic acids is 1. The number of amides is 1. The Bertz CT molecular complexity index is 1010. The number of benzene rings is 1. The molecule has 23 heavy (non-hydrogen) atoms. The Labute approximate surface area is 133 Å². The number of hydrogen-bond acceptors (Lipinski definition) is 4. The fourth-order valence-electron chi connectivity index (χ4n) is 2.36. The van der Waals surface area contributed by atoms with Crippen LogP contribution in [0.3, 0.4) is 0 Å². The van der Waals surface area contributed by atoms with Crippen LogP contribution >= 0.6 is 0 Å². The molecule has 0 saturated carbocycles. The van der Waals surface area contributed by atoms with Gasteiger partial charge in [0.1, 0.15) is 0 Å². The second-order valence-electron chi connectivity index (χ2n) is 5.22. The van der Waals surface area contributed by atoms with Gasteiger partial charge in [-0.25, -0.2) is 17.7 Å². The number of aromatic nitrogens is 2. The highest BCUT2D eigenvalue weighted by Crippen LogP contribution is 2.19. The maximum absolute atomic E-state index is 12.5. The molecule has 118 valence electrons. The van der Waals surface area contributed by atoms with Crippen molar-refractivity contribution < 1.29 is 13.2 Å². The third-order valence-electron chi connectivity index (χ3n) is 3.74. The first kappa shape index (κ1) is 15.2. The van der Waals surface area contributed by atoms with E-state index in [1.807, 2.05) is 13.0 Å². The molecule has 0 atom stereocenters. The first-order valence-corrected chi connectivity index (χ1v) is 8.44. The molecule has 0 spiro atoms. The molecule has 0 unspecified atom stereocenters. The lowest BCUT2D eigenvalue weighted by Gasteiger charge is -2.10. The summed E-state index contributed by atoms with van der Waals surface area (Å²) in [5.41, 5.74) is 2.21. The molecule has 0 fully saturated rings. The van der Waals surface area contributed by atoms with Crippen molar-refractivity contribution in [2.75, 3.05) is 0 Å². The Morgan fingerprint density at radius 2 is 1.91 bits per heavy atom. The molecule has 1 aromatic carbocycles. The summed E-state index contributed by atoms with van der Waals surface area (Å²) in [4.78, 5) is 12.5. The largest absolute Gasteiger partial charge is 0.268 e. The molecule has 1 N–H and O–H groups in total. The van der Waals surface area contributed by atoms with Crippen molar-refractivity contribution >= 4 is 21.4 Å². The smallest absolute Gasteiger partial charge is 0.268 e. The predicted molar refractivity (Wildman–Crippen MR) is 85.8 cm³/mol. The Balaban J connectivity index is 1.97. The fraction of sp³-hybridized carbons (Fsp3) is 0.125. The third-order valence-corrected chi connectivity index (χ3v) is 5.22. The van der Waals surface area contributed by atoms with E-state index < -0.39 is 15.9 Å². The zero-order valence-electron chi connectivity index (χ0n) is 12.6. The van der Waals surface area contributed by atoms with Crippen LogP contribution in [0.4, 0.5) is 0 Å². The zero-order valence-corrected chi connectivity index (χ0v) is 13.5. The molecule has 7 heteroatoms. The van der Waals surface area contributed by atoms with Gasteiger partial charge in [0.2, 0.25) is 0 Å². The third kappa shape index (κ3) is 2.70. The SMILES string of the molecule is Cc1cccc(S(=O)(=O)NC(=O)c2cnn3ccccc23)c1C. The van der Waals surface area contributed by atoms with Gasteiger partial charge in [-0.3, -0.25) is 4.79 Å². The quantitative estimate of drug-likeness (QED) is 0.797. The minimum absolute atomic E-state index is 0.0994. The molecule has 1 amide bonds. The standard InChI is InChI=1S/C16H15N3O3S/c1-11-6-5-8-15(12(11)2)23(21,22)18-16(20)13-10-17-19-9-4-3-7-14(13)19/h3-10H,1-2H3,(H,18,20). The van der Waals surface area contributed by atoms with E-state index in [0.29, 0.717) is 11.1 Å². The molecule has 0 aliphatic rings. The molecule has 6 nitrogen and oxygen atoms in total. The molecule has 0 aliphatic heterocycles. The molecule has 2 aromatic heterocycles. The van der Waals surface area contributed by atoms with E-state index in [4.69, 9.17) is 0 Å². The van der Waals surface area contributed by atoms with Crippen molar-refractivity contribution in [3.8, 4) is 0 Å². The fourth-order valence-corrected chi connectivity index (χ4v) is 3.64.